The van der Waals surface area contributed by atoms with Crippen molar-refractivity contribution in [1.29, 1.82) is 0 Å². The fourth-order valence-electron chi connectivity index (χ4n) is 2.14. The predicted molar refractivity (Wildman–Crippen MR) is 76.8 cm³/mol. The molecule has 0 saturated carbocycles. The summed E-state index contributed by atoms with van der Waals surface area (Å²) in [7, 11) is -2.29. The smallest absolute Gasteiger partial charge is 0.270 e. The van der Waals surface area contributed by atoms with Gasteiger partial charge in [-0.25, -0.2) is 13.1 Å². The van der Waals surface area contributed by atoms with E-state index < -0.39 is 14.9 Å². The van der Waals surface area contributed by atoms with Crippen molar-refractivity contribution in [2.75, 3.05) is 25.5 Å². The van der Waals surface area contributed by atoms with Crippen LogP contribution in [0.5, 0.6) is 0 Å². The number of rotatable bonds is 6. The molecule has 2 rings (SSSR count). The Kier molecular flexibility index (Phi) is 4.76. The third kappa shape index (κ3) is 3.69. The second-order valence-corrected chi connectivity index (χ2v) is 6.41. The van der Waals surface area contributed by atoms with Crippen LogP contribution in [0.15, 0.2) is 23.1 Å². The number of hydrogen-bond acceptors (Lipinski definition) is 6. The van der Waals surface area contributed by atoms with Crippen LogP contribution in [0.2, 0.25) is 0 Å². The summed E-state index contributed by atoms with van der Waals surface area (Å²) in [5.41, 5.74) is 0.0342. The van der Waals surface area contributed by atoms with E-state index in [2.05, 4.69) is 10.0 Å². The highest BCUT2D eigenvalue weighted by atomic mass is 32.2. The van der Waals surface area contributed by atoms with Crippen LogP contribution < -0.4 is 10.0 Å². The van der Waals surface area contributed by atoms with E-state index in [1.807, 2.05) is 0 Å². The Morgan fingerprint density at radius 3 is 2.81 bits per heavy atom. The minimum Gasteiger partial charge on any atom is -0.387 e. The number of anilines is 1. The molecule has 0 bridgehead atoms. The van der Waals surface area contributed by atoms with Crippen molar-refractivity contribution in [3.05, 3.63) is 28.3 Å². The number of nitrogens with zero attached hydrogens (tertiary/aromatic N) is 1. The first-order valence-electron chi connectivity index (χ1n) is 6.51. The molecule has 1 aliphatic rings. The minimum absolute atomic E-state index is 0.141. The lowest BCUT2D eigenvalue weighted by atomic mass is 10.2. The van der Waals surface area contributed by atoms with Crippen molar-refractivity contribution in [3.63, 3.8) is 0 Å². The molecule has 1 aromatic carbocycles. The van der Waals surface area contributed by atoms with E-state index in [9.17, 15) is 18.5 Å². The van der Waals surface area contributed by atoms with Gasteiger partial charge in [0.1, 0.15) is 4.90 Å². The van der Waals surface area contributed by atoms with E-state index in [-0.39, 0.29) is 23.2 Å². The third-order valence-electron chi connectivity index (χ3n) is 3.26. The van der Waals surface area contributed by atoms with Gasteiger partial charge < -0.3 is 10.1 Å². The van der Waals surface area contributed by atoms with E-state index in [1.165, 1.54) is 12.1 Å². The first-order valence-corrected chi connectivity index (χ1v) is 8.00. The SMILES string of the molecule is CNc1ccc([N+](=O)[O-])cc1S(=O)(=O)NCC1CCCO1. The molecular formula is C12H17N3O5S. The average Bonchev–Trinajstić information content (AvgIpc) is 2.98. The van der Waals surface area contributed by atoms with Crippen molar-refractivity contribution < 1.29 is 18.1 Å². The lowest BCUT2D eigenvalue weighted by Gasteiger charge is -2.13. The van der Waals surface area contributed by atoms with Crippen molar-refractivity contribution in [1.82, 2.24) is 4.72 Å². The maximum atomic E-state index is 12.3. The highest BCUT2D eigenvalue weighted by molar-refractivity contribution is 7.89. The van der Waals surface area contributed by atoms with Crippen LogP contribution in [0.3, 0.4) is 0 Å². The Labute approximate surface area is 122 Å². The third-order valence-corrected chi connectivity index (χ3v) is 4.72. The van der Waals surface area contributed by atoms with E-state index in [1.54, 1.807) is 7.05 Å². The molecule has 1 heterocycles. The van der Waals surface area contributed by atoms with Gasteiger partial charge in [-0.3, -0.25) is 10.1 Å². The van der Waals surface area contributed by atoms with Gasteiger partial charge >= 0.3 is 0 Å². The Balaban J connectivity index is 2.24. The van der Waals surface area contributed by atoms with E-state index in [4.69, 9.17) is 4.74 Å². The second-order valence-electron chi connectivity index (χ2n) is 4.67. The predicted octanol–water partition coefficient (Wildman–Crippen LogP) is 1.09. The van der Waals surface area contributed by atoms with E-state index in [0.717, 1.165) is 18.9 Å². The van der Waals surface area contributed by atoms with Crippen LogP contribution in [0.1, 0.15) is 12.8 Å². The quantitative estimate of drug-likeness (QED) is 0.600. The second kappa shape index (κ2) is 6.37. The molecule has 116 valence electrons. The fraction of sp³-hybridized carbons (Fsp3) is 0.500. The van der Waals surface area contributed by atoms with Crippen molar-refractivity contribution in [2.24, 2.45) is 0 Å². The number of sulfonamides is 1. The summed E-state index contributed by atoms with van der Waals surface area (Å²) in [6.45, 7) is 0.791. The molecule has 1 fully saturated rings. The summed E-state index contributed by atoms with van der Waals surface area (Å²) < 4.78 is 32.4. The van der Waals surface area contributed by atoms with Gasteiger partial charge in [0.15, 0.2) is 0 Å². The normalized spacial score (nSPS) is 18.6. The first kappa shape index (κ1) is 15.7. The Morgan fingerprint density at radius 2 is 2.24 bits per heavy atom. The number of benzene rings is 1. The van der Waals surface area contributed by atoms with E-state index in [0.29, 0.717) is 12.3 Å². The molecule has 0 amide bonds. The molecule has 1 aliphatic heterocycles. The van der Waals surface area contributed by atoms with Gasteiger partial charge in [-0.1, -0.05) is 0 Å². The number of nitrogens with one attached hydrogen (secondary N) is 2. The number of nitro groups is 1. The minimum atomic E-state index is -3.84. The summed E-state index contributed by atoms with van der Waals surface area (Å²) >= 11 is 0. The molecule has 21 heavy (non-hydrogen) atoms. The van der Waals surface area contributed by atoms with Gasteiger partial charge in [-0.15, -0.1) is 0 Å². The number of nitro benzene ring substituents is 1. The maximum Gasteiger partial charge on any atom is 0.270 e. The Morgan fingerprint density at radius 1 is 1.48 bits per heavy atom. The van der Waals surface area contributed by atoms with Crippen molar-refractivity contribution in [2.45, 2.75) is 23.8 Å². The zero-order chi connectivity index (χ0) is 15.5. The largest absolute Gasteiger partial charge is 0.387 e. The number of non-ortho nitro benzene ring substituents is 1. The van der Waals surface area contributed by atoms with Crippen LogP contribution in [0.25, 0.3) is 0 Å². The molecular weight excluding hydrogens is 298 g/mol. The van der Waals surface area contributed by atoms with Gasteiger partial charge in [0.2, 0.25) is 10.0 Å². The highest BCUT2D eigenvalue weighted by Gasteiger charge is 2.24. The van der Waals surface area contributed by atoms with Crippen LogP contribution in [0.4, 0.5) is 11.4 Å². The molecule has 2 N–H and O–H groups in total. The summed E-state index contributed by atoms with van der Waals surface area (Å²) in [5.74, 6) is 0. The van der Waals surface area contributed by atoms with Gasteiger partial charge in [-0.05, 0) is 18.9 Å². The van der Waals surface area contributed by atoms with Crippen LogP contribution in [0, 0.1) is 10.1 Å². The summed E-state index contributed by atoms with van der Waals surface area (Å²) in [4.78, 5) is 10.0. The zero-order valence-electron chi connectivity index (χ0n) is 11.5. The molecule has 1 unspecified atom stereocenters. The average molecular weight is 315 g/mol. The van der Waals surface area contributed by atoms with Gasteiger partial charge in [-0.2, -0.15) is 0 Å². The topological polar surface area (TPSA) is 111 Å². The first-order chi connectivity index (χ1) is 9.94. The molecule has 1 aromatic rings. The van der Waals surface area contributed by atoms with Crippen LogP contribution in [-0.2, 0) is 14.8 Å². The van der Waals surface area contributed by atoms with E-state index >= 15 is 0 Å². The zero-order valence-corrected chi connectivity index (χ0v) is 12.4. The molecule has 0 aliphatic carbocycles. The lowest BCUT2D eigenvalue weighted by molar-refractivity contribution is -0.385. The summed E-state index contributed by atoms with van der Waals surface area (Å²) in [6.07, 6.45) is 1.57. The van der Waals surface area contributed by atoms with Crippen molar-refractivity contribution >= 4 is 21.4 Å². The Bertz CT molecular complexity index is 626. The molecule has 0 radical (unpaired) electrons. The standard InChI is InChI=1S/C12H17N3O5S/c1-13-11-5-4-9(15(16)17)7-12(11)21(18,19)14-8-10-3-2-6-20-10/h4-5,7,10,13-14H,2-3,6,8H2,1H3. The highest BCUT2D eigenvalue weighted by Crippen LogP contribution is 2.26. The monoisotopic (exact) mass is 315 g/mol. The maximum absolute atomic E-state index is 12.3. The molecule has 9 heteroatoms. The van der Waals surface area contributed by atoms with Gasteiger partial charge in [0.25, 0.3) is 5.69 Å². The summed E-state index contributed by atoms with van der Waals surface area (Å²) in [6, 6.07) is 3.67. The molecule has 0 spiro atoms. The molecule has 8 nitrogen and oxygen atoms in total. The fourth-order valence-corrected chi connectivity index (χ4v) is 3.44. The van der Waals surface area contributed by atoms with Crippen LogP contribution >= 0.6 is 0 Å². The Hall–Kier alpha value is -1.71. The number of hydrogen-bond donors (Lipinski definition) is 2. The summed E-state index contributed by atoms with van der Waals surface area (Å²) in [5, 5.41) is 13.5. The van der Waals surface area contributed by atoms with Gasteiger partial charge in [0.05, 0.1) is 16.7 Å². The number of ether oxygens (including phenoxy) is 1. The molecule has 1 atom stereocenters. The van der Waals surface area contributed by atoms with Gasteiger partial charge in [0, 0.05) is 32.3 Å². The van der Waals surface area contributed by atoms with Crippen LogP contribution in [-0.4, -0.2) is 39.6 Å². The molecule has 1 saturated heterocycles. The lowest BCUT2D eigenvalue weighted by Crippen LogP contribution is -2.32. The van der Waals surface area contributed by atoms with Crippen molar-refractivity contribution in [3.8, 4) is 0 Å². The molecule has 0 aromatic heterocycles.